The first kappa shape index (κ1) is 22.9. The number of ether oxygens (including phenoxy) is 1. The summed E-state index contributed by atoms with van der Waals surface area (Å²) < 4.78 is 5.22. The molecule has 6 nitrogen and oxygen atoms in total. The Morgan fingerprint density at radius 2 is 1.92 bits per heavy atom. The Balaban J connectivity index is 0.00000312. The Hall–Kier alpha value is -0.120. The maximum absolute atomic E-state index is 5.22. The minimum absolute atomic E-state index is 0. The molecule has 0 bridgehead atoms. The summed E-state index contributed by atoms with van der Waals surface area (Å²) in [7, 11) is 3.65. The molecule has 2 saturated heterocycles. The number of hydrogen-bond donors (Lipinski definition) is 2. The summed E-state index contributed by atoms with van der Waals surface area (Å²) in [4.78, 5) is 9.51. The van der Waals surface area contributed by atoms with E-state index in [1.807, 2.05) is 7.05 Å². The molecule has 148 valence electrons. The Morgan fingerprint density at radius 1 is 1.20 bits per heavy atom. The van der Waals surface area contributed by atoms with Gasteiger partial charge in [-0.15, -0.1) is 24.0 Å². The number of guanidine groups is 1. The number of piperidine rings is 1. The van der Waals surface area contributed by atoms with Crippen LogP contribution in [0.15, 0.2) is 4.99 Å². The van der Waals surface area contributed by atoms with Crippen LogP contribution in [0.5, 0.6) is 0 Å². The molecule has 0 saturated carbocycles. The number of nitrogens with one attached hydrogen (secondary N) is 2. The number of rotatable bonds is 7. The number of likely N-dealkylation sites (tertiary alicyclic amines) is 2. The highest BCUT2D eigenvalue weighted by Crippen LogP contribution is 2.16. The second kappa shape index (κ2) is 12.3. The second-order valence-corrected chi connectivity index (χ2v) is 7.33. The zero-order valence-electron chi connectivity index (χ0n) is 16.5. The molecular weight excluding hydrogens is 429 g/mol. The maximum Gasteiger partial charge on any atom is 0.191 e. The normalized spacial score (nSPS) is 23.7. The number of hydrogen-bond acceptors (Lipinski definition) is 4. The summed E-state index contributed by atoms with van der Waals surface area (Å²) in [6, 6.07) is 1.80. The average Bonchev–Trinajstić information content (AvgIpc) is 3.04. The van der Waals surface area contributed by atoms with Gasteiger partial charge in [-0.2, -0.15) is 0 Å². The van der Waals surface area contributed by atoms with Crippen LogP contribution in [0.4, 0.5) is 0 Å². The smallest absolute Gasteiger partial charge is 0.191 e. The molecule has 7 heteroatoms. The van der Waals surface area contributed by atoms with Crippen LogP contribution in [0.3, 0.4) is 0 Å². The lowest BCUT2D eigenvalue weighted by molar-refractivity contribution is 0.141. The summed E-state index contributed by atoms with van der Waals surface area (Å²) in [5.41, 5.74) is 0. The van der Waals surface area contributed by atoms with Gasteiger partial charge in [0.2, 0.25) is 0 Å². The zero-order chi connectivity index (χ0) is 17.4. The first-order valence-electron chi connectivity index (χ1n) is 9.58. The second-order valence-electron chi connectivity index (χ2n) is 7.33. The average molecular weight is 467 g/mol. The van der Waals surface area contributed by atoms with Gasteiger partial charge in [0, 0.05) is 58.5 Å². The summed E-state index contributed by atoms with van der Waals surface area (Å²) in [6.07, 6.45) is 4.95. The standard InChI is InChI=1S/C18H37N5O.HI/c1-15(2)22-10-7-16(8-11-22)21-18(19-3)20-14-17-6-5-9-23(17)12-13-24-4;/h15-17H,5-14H2,1-4H3,(H2,19,20,21);1H. The minimum Gasteiger partial charge on any atom is -0.383 e. The predicted octanol–water partition coefficient (Wildman–Crippen LogP) is 1.75. The van der Waals surface area contributed by atoms with Crippen molar-refractivity contribution in [1.82, 2.24) is 20.4 Å². The van der Waals surface area contributed by atoms with Gasteiger partial charge in [-0.05, 0) is 46.1 Å². The third-order valence-corrected chi connectivity index (χ3v) is 5.41. The van der Waals surface area contributed by atoms with E-state index in [2.05, 4.69) is 39.3 Å². The third kappa shape index (κ3) is 7.56. The molecule has 0 spiro atoms. The van der Waals surface area contributed by atoms with Crippen molar-refractivity contribution in [1.29, 1.82) is 0 Å². The van der Waals surface area contributed by atoms with Crippen LogP contribution in [0.2, 0.25) is 0 Å². The molecule has 0 aromatic carbocycles. The summed E-state index contributed by atoms with van der Waals surface area (Å²) >= 11 is 0. The highest BCUT2D eigenvalue weighted by atomic mass is 127. The number of aliphatic imine (C=N–C) groups is 1. The van der Waals surface area contributed by atoms with E-state index in [-0.39, 0.29) is 24.0 Å². The van der Waals surface area contributed by atoms with E-state index >= 15 is 0 Å². The zero-order valence-corrected chi connectivity index (χ0v) is 18.8. The van der Waals surface area contributed by atoms with Gasteiger partial charge in [-0.3, -0.25) is 9.89 Å². The van der Waals surface area contributed by atoms with Gasteiger partial charge in [0.05, 0.1) is 6.61 Å². The van der Waals surface area contributed by atoms with E-state index in [0.29, 0.717) is 18.1 Å². The van der Waals surface area contributed by atoms with Crippen LogP contribution in [0.25, 0.3) is 0 Å². The van der Waals surface area contributed by atoms with Crippen molar-refractivity contribution in [3.63, 3.8) is 0 Å². The van der Waals surface area contributed by atoms with Crippen molar-refractivity contribution in [3.8, 4) is 0 Å². The highest BCUT2D eigenvalue weighted by molar-refractivity contribution is 14.0. The Bertz CT molecular complexity index is 386. The summed E-state index contributed by atoms with van der Waals surface area (Å²) in [5, 5.41) is 7.16. The Labute approximate surface area is 171 Å². The van der Waals surface area contributed by atoms with Crippen LogP contribution in [0, 0.1) is 0 Å². The first-order chi connectivity index (χ1) is 11.6. The van der Waals surface area contributed by atoms with Crippen molar-refractivity contribution < 1.29 is 4.74 Å². The van der Waals surface area contributed by atoms with Gasteiger partial charge in [0.25, 0.3) is 0 Å². The lowest BCUT2D eigenvalue weighted by Crippen LogP contribution is -2.51. The van der Waals surface area contributed by atoms with Crippen molar-refractivity contribution in [2.45, 2.75) is 57.7 Å². The quantitative estimate of drug-likeness (QED) is 0.340. The fraction of sp³-hybridized carbons (Fsp3) is 0.944. The molecule has 0 radical (unpaired) electrons. The van der Waals surface area contributed by atoms with Gasteiger partial charge in [-0.25, -0.2) is 0 Å². The maximum atomic E-state index is 5.22. The molecule has 0 aromatic rings. The lowest BCUT2D eigenvalue weighted by Gasteiger charge is -2.35. The van der Waals surface area contributed by atoms with E-state index in [9.17, 15) is 0 Å². The third-order valence-electron chi connectivity index (χ3n) is 5.41. The molecule has 2 rings (SSSR count). The molecule has 1 unspecified atom stereocenters. The number of nitrogens with zero attached hydrogens (tertiary/aromatic N) is 3. The van der Waals surface area contributed by atoms with E-state index < -0.39 is 0 Å². The molecule has 2 aliphatic rings. The molecule has 2 aliphatic heterocycles. The van der Waals surface area contributed by atoms with Gasteiger partial charge in [0.1, 0.15) is 0 Å². The van der Waals surface area contributed by atoms with E-state index in [1.165, 1.54) is 45.3 Å². The van der Waals surface area contributed by atoms with Gasteiger partial charge in [0.15, 0.2) is 5.96 Å². The first-order valence-corrected chi connectivity index (χ1v) is 9.58. The number of halogens is 1. The van der Waals surface area contributed by atoms with Crippen LogP contribution in [-0.2, 0) is 4.74 Å². The van der Waals surface area contributed by atoms with Crippen LogP contribution in [-0.4, -0.2) is 87.4 Å². The molecule has 25 heavy (non-hydrogen) atoms. The molecule has 0 amide bonds. The predicted molar refractivity (Wildman–Crippen MR) is 116 cm³/mol. The molecule has 0 aliphatic carbocycles. The molecule has 1 atom stereocenters. The fourth-order valence-electron chi connectivity index (χ4n) is 3.79. The molecular formula is C18H38IN5O. The van der Waals surface area contributed by atoms with Gasteiger partial charge >= 0.3 is 0 Å². The van der Waals surface area contributed by atoms with Crippen LogP contribution < -0.4 is 10.6 Å². The van der Waals surface area contributed by atoms with E-state index in [0.717, 1.165) is 25.7 Å². The number of methoxy groups -OCH3 is 1. The summed E-state index contributed by atoms with van der Waals surface area (Å²) in [6.45, 7) is 10.9. The van der Waals surface area contributed by atoms with Crippen molar-refractivity contribution >= 4 is 29.9 Å². The van der Waals surface area contributed by atoms with Crippen molar-refractivity contribution in [2.24, 2.45) is 4.99 Å². The van der Waals surface area contributed by atoms with Crippen molar-refractivity contribution in [2.75, 3.05) is 53.5 Å². The van der Waals surface area contributed by atoms with E-state index in [1.54, 1.807) is 7.11 Å². The Kier molecular flexibility index (Phi) is 11.3. The van der Waals surface area contributed by atoms with Gasteiger partial charge in [-0.1, -0.05) is 0 Å². The minimum atomic E-state index is 0. The SMILES string of the molecule is CN=C(NCC1CCCN1CCOC)NC1CCN(C(C)C)CC1.I. The molecule has 0 aromatic heterocycles. The monoisotopic (exact) mass is 467 g/mol. The largest absolute Gasteiger partial charge is 0.383 e. The van der Waals surface area contributed by atoms with E-state index in [4.69, 9.17) is 4.74 Å². The Morgan fingerprint density at radius 3 is 2.52 bits per heavy atom. The lowest BCUT2D eigenvalue weighted by atomic mass is 10.0. The van der Waals surface area contributed by atoms with Crippen LogP contribution >= 0.6 is 24.0 Å². The van der Waals surface area contributed by atoms with Crippen molar-refractivity contribution in [3.05, 3.63) is 0 Å². The summed E-state index contributed by atoms with van der Waals surface area (Å²) in [5.74, 6) is 0.955. The van der Waals surface area contributed by atoms with Gasteiger partial charge < -0.3 is 20.3 Å². The molecule has 2 fully saturated rings. The van der Waals surface area contributed by atoms with Crippen LogP contribution in [0.1, 0.15) is 39.5 Å². The fourth-order valence-corrected chi connectivity index (χ4v) is 3.79. The molecule has 2 N–H and O–H groups in total. The highest BCUT2D eigenvalue weighted by Gasteiger charge is 2.25. The molecule has 2 heterocycles. The topological polar surface area (TPSA) is 52.1 Å².